The molecule has 2 aromatic rings. The van der Waals surface area contributed by atoms with Gasteiger partial charge in [-0.3, -0.25) is 14.4 Å². The van der Waals surface area contributed by atoms with E-state index in [2.05, 4.69) is 33.5 Å². The largest absolute Gasteiger partial charge is 0.505 e. The Morgan fingerprint density at radius 3 is 2.54 bits per heavy atom. The Hall–Kier alpha value is -2.10. The predicted molar refractivity (Wildman–Crippen MR) is 110 cm³/mol. The zero-order valence-electron chi connectivity index (χ0n) is 14.3. The van der Waals surface area contributed by atoms with Crippen LogP contribution in [0.25, 0.3) is 0 Å². The van der Waals surface area contributed by atoms with Gasteiger partial charge in [-0.2, -0.15) is 0 Å². The molecule has 0 bridgehead atoms. The molecule has 0 aromatic heterocycles. The van der Waals surface area contributed by atoms with Gasteiger partial charge in [-0.1, -0.05) is 25.3 Å². The van der Waals surface area contributed by atoms with Crippen LogP contribution in [0.5, 0.6) is 5.75 Å². The number of rotatable bonds is 5. The molecule has 7 nitrogen and oxygen atoms in total. The van der Waals surface area contributed by atoms with Gasteiger partial charge in [-0.25, -0.2) is 0 Å². The zero-order valence-corrected chi connectivity index (χ0v) is 16.5. The van der Waals surface area contributed by atoms with Crippen LogP contribution in [0.2, 0.25) is 0 Å². The molecular formula is C18H20IN3O4. The number of hydrogen-bond donors (Lipinski definition) is 3. The highest BCUT2D eigenvalue weighted by Crippen LogP contribution is 2.36. The van der Waals surface area contributed by atoms with E-state index in [-0.39, 0.29) is 28.7 Å². The third-order valence-electron chi connectivity index (χ3n) is 4.76. The monoisotopic (exact) mass is 469 g/mol. The van der Waals surface area contributed by atoms with Gasteiger partial charge in [0, 0.05) is 13.1 Å². The number of benzene rings is 1. The maximum atomic E-state index is 12.1. The van der Waals surface area contributed by atoms with Crippen molar-refractivity contribution in [2.75, 3.05) is 15.5 Å². The summed E-state index contributed by atoms with van der Waals surface area (Å²) in [5, 5.41) is 15.6. The third-order valence-corrected chi connectivity index (χ3v) is 6.03. The van der Waals surface area contributed by atoms with E-state index in [0.717, 1.165) is 25.7 Å². The van der Waals surface area contributed by atoms with Gasteiger partial charge >= 0.3 is 0 Å². The summed E-state index contributed by atoms with van der Waals surface area (Å²) in [6.07, 6.45) is 5.38. The number of anilines is 3. The normalized spacial score (nSPS) is 15.0. The summed E-state index contributed by atoms with van der Waals surface area (Å²) in [7, 11) is 1.47. The minimum Gasteiger partial charge on any atom is -0.505 e. The summed E-state index contributed by atoms with van der Waals surface area (Å²) >= 11 is 2.09. The Balaban J connectivity index is 1.90. The standard InChI is InChI=1S/C18H20IN3O4/c1-20-18(26)11-8-5-9-12(15(11)23)21-13-14(17(25)16(13)24)22(19)10-6-3-2-4-7-10/h5,8-10,21,23H,2-4,6-7H2,1H3,(H,20,26). The van der Waals surface area contributed by atoms with Crippen LogP contribution in [0.3, 0.4) is 0 Å². The Kier molecular flexibility index (Phi) is 5.49. The van der Waals surface area contributed by atoms with E-state index in [1.165, 1.54) is 19.5 Å². The van der Waals surface area contributed by atoms with Crippen molar-refractivity contribution in [1.82, 2.24) is 5.32 Å². The van der Waals surface area contributed by atoms with Crippen molar-refractivity contribution >= 4 is 45.8 Å². The van der Waals surface area contributed by atoms with Crippen LogP contribution < -0.4 is 24.6 Å². The predicted octanol–water partition coefficient (Wildman–Crippen LogP) is 2.58. The summed E-state index contributed by atoms with van der Waals surface area (Å²) in [6, 6.07) is 4.86. The van der Waals surface area contributed by atoms with E-state index in [0.29, 0.717) is 5.69 Å². The highest BCUT2D eigenvalue weighted by molar-refractivity contribution is 14.1. The summed E-state index contributed by atoms with van der Waals surface area (Å²) in [5.74, 6) is -0.697. The molecule has 1 saturated carbocycles. The minimum atomic E-state index is -0.609. The molecule has 3 N–H and O–H groups in total. The van der Waals surface area contributed by atoms with Gasteiger partial charge in [0.15, 0.2) is 5.75 Å². The van der Waals surface area contributed by atoms with Crippen LogP contribution in [0.15, 0.2) is 27.8 Å². The van der Waals surface area contributed by atoms with Gasteiger partial charge in [0.25, 0.3) is 16.8 Å². The van der Waals surface area contributed by atoms with Crippen molar-refractivity contribution in [3.8, 4) is 5.75 Å². The van der Waals surface area contributed by atoms with Crippen LogP contribution in [0.1, 0.15) is 42.5 Å². The summed E-state index contributed by atoms with van der Waals surface area (Å²) in [4.78, 5) is 36.0. The molecule has 0 atom stereocenters. The van der Waals surface area contributed by atoms with Crippen molar-refractivity contribution in [3.05, 3.63) is 44.2 Å². The maximum absolute atomic E-state index is 12.1. The summed E-state index contributed by atoms with van der Waals surface area (Å²) in [5.41, 5.74) is -0.313. The smallest absolute Gasteiger partial charge is 0.254 e. The molecule has 0 spiro atoms. The maximum Gasteiger partial charge on any atom is 0.254 e. The quantitative estimate of drug-likeness (QED) is 0.270. The Morgan fingerprint density at radius 2 is 1.88 bits per heavy atom. The summed E-state index contributed by atoms with van der Waals surface area (Å²) < 4.78 is 1.85. The first-order valence-electron chi connectivity index (χ1n) is 8.55. The fraction of sp³-hybridized carbons (Fsp3) is 0.389. The topological polar surface area (TPSA) is 98.7 Å². The lowest BCUT2D eigenvalue weighted by Crippen LogP contribution is -2.42. The van der Waals surface area contributed by atoms with Crippen LogP contribution in [0, 0.1) is 0 Å². The van der Waals surface area contributed by atoms with E-state index in [9.17, 15) is 19.5 Å². The van der Waals surface area contributed by atoms with Crippen LogP contribution >= 0.6 is 22.9 Å². The molecule has 0 radical (unpaired) electrons. The number of phenolic OH excluding ortho intramolecular Hbond substituents is 1. The molecule has 1 fully saturated rings. The van der Waals surface area contributed by atoms with Crippen LogP contribution in [-0.2, 0) is 0 Å². The summed E-state index contributed by atoms with van der Waals surface area (Å²) in [6.45, 7) is 0. The highest BCUT2D eigenvalue weighted by Gasteiger charge is 2.30. The minimum absolute atomic E-state index is 0.0939. The van der Waals surface area contributed by atoms with Gasteiger partial charge < -0.3 is 18.9 Å². The second-order valence-corrected chi connectivity index (χ2v) is 7.43. The number of hydrogen-bond acceptors (Lipinski definition) is 6. The molecule has 1 aliphatic rings. The number of carbonyl (C=O) groups is 1. The second kappa shape index (κ2) is 7.65. The van der Waals surface area contributed by atoms with Crippen molar-refractivity contribution < 1.29 is 9.90 Å². The molecule has 1 aliphatic carbocycles. The first-order chi connectivity index (χ1) is 12.5. The lowest BCUT2D eigenvalue weighted by Gasteiger charge is -2.32. The number of carbonyl (C=O) groups excluding carboxylic acids is 1. The molecule has 1 amide bonds. The average molecular weight is 469 g/mol. The Labute approximate surface area is 164 Å². The number of halogens is 1. The van der Waals surface area contributed by atoms with E-state index in [1.54, 1.807) is 12.1 Å². The molecule has 8 heteroatoms. The fourth-order valence-corrected chi connectivity index (χ4v) is 4.30. The molecule has 138 valence electrons. The second-order valence-electron chi connectivity index (χ2n) is 6.39. The van der Waals surface area contributed by atoms with Gasteiger partial charge in [0.1, 0.15) is 11.4 Å². The van der Waals surface area contributed by atoms with E-state index in [4.69, 9.17) is 0 Å². The van der Waals surface area contributed by atoms with Crippen molar-refractivity contribution in [1.29, 1.82) is 0 Å². The van der Waals surface area contributed by atoms with E-state index in [1.807, 2.05) is 3.11 Å². The van der Waals surface area contributed by atoms with Crippen molar-refractivity contribution in [2.24, 2.45) is 0 Å². The number of amides is 1. The number of phenols is 1. The van der Waals surface area contributed by atoms with Gasteiger partial charge in [-0.15, -0.1) is 0 Å². The number of para-hydroxylation sites is 1. The zero-order chi connectivity index (χ0) is 18.8. The van der Waals surface area contributed by atoms with E-state index < -0.39 is 16.8 Å². The molecule has 0 unspecified atom stereocenters. The SMILES string of the molecule is CNC(=O)c1cccc(Nc2c(N(I)C3CCCCC3)c(=O)c2=O)c1O. The van der Waals surface area contributed by atoms with Gasteiger partial charge in [0.05, 0.1) is 34.1 Å². The lowest BCUT2D eigenvalue weighted by molar-refractivity contribution is 0.0960. The van der Waals surface area contributed by atoms with Crippen molar-refractivity contribution in [2.45, 2.75) is 38.1 Å². The lowest BCUT2D eigenvalue weighted by atomic mass is 9.95. The fourth-order valence-electron chi connectivity index (χ4n) is 3.29. The number of nitrogens with one attached hydrogen (secondary N) is 2. The molecule has 2 aromatic carbocycles. The molecule has 3 rings (SSSR count). The molecule has 0 heterocycles. The number of aromatic hydroxyl groups is 1. The Bertz CT molecular complexity index is 898. The molecule has 0 aliphatic heterocycles. The average Bonchev–Trinajstić information content (AvgIpc) is 2.68. The van der Waals surface area contributed by atoms with Crippen molar-refractivity contribution in [3.63, 3.8) is 0 Å². The Morgan fingerprint density at radius 1 is 1.19 bits per heavy atom. The third kappa shape index (κ3) is 3.29. The van der Waals surface area contributed by atoms with E-state index >= 15 is 0 Å². The molecule has 26 heavy (non-hydrogen) atoms. The number of nitrogens with zero attached hydrogens (tertiary/aromatic N) is 1. The first kappa shape index (κ1) is 18.7. The van der Waals surface area contributed by atoms with Crippen LogP contribution in [-0.4, -0.2) is 24.1 Å². The van der Waals surface area contributed by atoms with Crippen LogP contribution in [0.4, 0.5) is 17.1 Å². The molecule has 0 saturated heterocycles. The van der Waals surface area contributed by atoms with Gasteiger partial charge in [-0.05, 0) is 25.0 Å². The highest BCUT2D eigenvalue weighted by atomic mass is 127. The first-order valence-corrected chi connectivity index (χ1v) is 9.51. The molecular weight excluding hydrogens is 449 g/mol. The van der Waals surface area contributed by atoms with Gasteiger partial charge in [0.2, 0.25) is 0 Å².